The van der Waals surface area contributed by atoms with Gasteiger partial charge in [0.25, 0.3) is 0 Å². The van der Waals surface area contributed by atoms with E-state index in [9.17, 15) is 0 Å². The van der Waals surface area contributed by atoms with Gasteiger partial charge in [-0.15, -0.1) is 0 Å². The molecule has 0 bridgehead atoms. The van der Waals surface area contributed by atoms with Crippen molar-refractivity contribution in [2.45, 2.75) is 5.66 Å². The van der Waals surface area contributed by atoms with E-state index in [0.29, 0.717) is 5.66 Å². The summed E-state index contributed by atoms with van der Waals surface area (Å²) in [4.78, 5) is 0. The summed E-state index contributed by atoms with van der Waals surface area (Å²) in [6.07, 6.45) is 0. The second kappa shape index (κ2) is 10.3. The summed E-state index contributed by atoms with van der Waals surface area (Å²) < 4.78 is 0. The van der Waals surface area contributed by atoms with Gasteiger partial charge >= 0.3 is 250 Å². The first kappa shape index (κ1) is 25.6. The van der Waals surface area contributed by atoms with Crippen LogP contribution in [0, 0.1) is 0 Å². The Labute approximate surface area is 249 Å². The Morgan fingerprint density at radius 3 is 1.50 bits per heavy atom. The normalized spacial score (nSPS) is 14.7. The number of hydrogen-bond donors (Lipinski definition) is 0. The molecular weight excluding hydrogens is 542 g/mol. The zero-order valence-corrected chi connectivity index (χ0v) is 25.5. The molecule has 0 aromatic heterocycles. The molecular formula is C40H32P2. The predicted octanol–water partition coefficient (Wildman–Crippen LogP) is 8.18. The van der Waals surface area contributed by atoms with E-state index in [2.05, 4.69) is 170 Å². The van der Waals surface area contributed by atoms with E-state index in [0.717, 1.165) is 0 Å². The molecule has 0 nitrogen and oxygen atoms in total. The first-order valence-corrected chi connectivity index (χ1v) is 18.7. The summed E-state index contributed by atoms with van der Waals surface area (Å²) >= 11 is 0. The van der Waals surface area contributed by atoms with Crippen LogP contribution in [0.2, 0.25) is 0 Å². The maximum atomic E-state index is 2.56. The van der Waals surface area contributed by atoms with E-state index in [-0.39, 0.29) is 0 Å². The fraction of sp³-hybridized carbons (Fsp3) is 0.0500. The van der Waals surface area contributed by atoms with Gasteiger partial charge in [-0.1, -0.05) is 0 Å². The van der Waals surface area contributed by atoms with Crippen LogP contribution in [0.25, 0.3) is 21.5 Å². The van der Waals surface area contributed by atoms with Crippen LogP contribution in [0.3, 0.4) is 0 Å². The van der Waals surface area contributed by atoms with Crippen molar-refractivity contribution < 1.29 is 0 Å². The van der Waals surface area contributed by atoms with Crippen molar-refractivity contribution in [3.8, 4) is 0 Å². The van der Waals surface area contributed by atoms with Gasteiger partial charge in [0, 0.05) is 0 Å². The Morgan fingerprint density at radius 1 is 0.476 bits per heavy atom. The molecule has 7 aromatic carbocycles. The van der Waals surface area contributed by atoms with E-state index in [1.54, 1.807) is 5.56 Å². The summed E-state index contributed by atoms with van der Waals surface area (Å²) in [5.74, 6) is 0. The van der Waals surface area contributed by atoms with Crippen LogP contribution in [0.1, 0.15) is 16.8 Å². The SMILES string of the molecule is C[PH](c1ccccc1)(c1ccccc1)c1cccc2cc3cccc4c3c(c12)C4P(c1ccccc1)c1ccccc1. The molecule has 2 heteroatoms. The van der Waals surface area contributed by atoms with E-state index in [1.165, 1.54) is 53.6 Å². The molecule has 1 aliphatic carbocycles. The predicted molar refractivity (Wildman–Crippen MR) is 188 cm³/mol. The van der Waals surface area contributed by atoms with Gasteiger partial charge in [-0.05, 0) is 0 Å². The molecule has 0 aliphatic heterocycles. The monoisotopic (exact) mass is 574 g/mol. The van der Waals surface area contributed by atoms with Crippen LogP contribution in [0.5, 0.6) is 0 Å². The van der Waals surface area contributed by atoms with Gasteiger partial charge in [-0.2, -0.15) is 0 Å². The van der Waals surface area contributed by atoms with Crippen LogP contribution < -0.4 is 26.5 Å². The molecule has 0 radical (unpaired) electrons. The molecule has 1 aliphatic rings. The van der Waals surface area contributed by atoms with Crippen molar-refractivity contribution in [2.24, 2.45) is 0 Å². The summed E-state index contributed by atoms with van der Waals surface area (Å²) in [6, 6.07) is 61.5. The van der Waals surface area contributed by atoms with E-state index in [4.69, 9.17) is 0 Å². The minimum absolute atomic E-state index is 0.346. The number of hydrogen-bond acceptors (Lipinski definition) is 0. The third-order valence-corrected chi connectivity index (χ3v) is 16.4. The van der Waals surface area contributed by atoms with Crippen molar-refractivity contribution in [3.63, 3.8) is 0 Å². The first-order chi connectivity index (χ1) is 20.7. The molecule has 0 N–H and O–H groups in total. The van der Waals surface area contributed by atoms with Crippen molar-refractivity contribution >= 4 is 63.3 Å². The molecule has 1 unspecified atom stereocenters. The average molecular weight is 575 g/mol. The van der Waals surface area contributed by atoms with Gasteiger partial charge in [0.05, 0.1) is 0 Å². The molecule has 0 heterocycles. The Bertz CT molecular complexity index is 1960. The zero-order valence-electron chi connectivity index (χ0n) is 23.6. The van der Waals surface area contributed by atoms with Gasteiger partial charge < -0.3 is 0 Å². The second-order valence-corrected chi connectivity index (χ2v) is 17.7. The standard InChI is InChI=1S/C40H32P2/c1-42(33-22-10-4-11-23-33,34-24-12-5-13-25-34)36-27-15-17-30-28-29-16-14-26-35-37(29)39(38(30)36)40(35)41(31-18-6-2-7-19-31)32-20-8-3-9-21-32/h2-28,40,42H,1H3. The van der Waals surface area contributed by atoms with Crippen LogP contribution in [0.4, 0.5) is 0 Å². The molecule has 0 spiro atoms. The fourth-order valence-electron chi connectivity index (χ4n) is 7.21. The third-order valence-electron chi connectivity index (χ3n) is 9.21. The van der Waals surface area contributed by atoms with Crippen molar-refractivity contribution in [1.29, 1.82) is 0 Å². The van der Waals surface area contributed by atoms with Gasteiger partial charge in [-0.25, -0.2) is 0 Å². The van der Waals surface area contributed by atoms with E-state index in [1.807, 2.05) is 0 Å². The Balaban J connectivity index is 1.47. The van der Waals surface area contributed by atoms with Crippen LogP contribution in [-0.4, -0.2) is 6.66 Å². The Kier molecular flexibility index (Phi) is 6.30. The zero-order chi connectivity index (χ0) is 28.1. The summed E-state index contributed by atoms with van der Waals surface area (Å²) in [6.45, 7) is 2.56. The molecule has 7 aromatic rings. The molecule has 42 heavy (non-hydrogen) atoms. The molecule has 8 rings (SSSR count). The van der Waals surface area contributed by atoms with Crippen molar-refractivity contribution in [1.82, 2.24) is 0 Å². The second-order valence-electron chi connectivity index (χ2n) is 11.4. The summed E-state index contributed by atoms with van der Waals surface area (Å²) in [5.41, 5.74) is 3.40. The van der Waals surface area contributed by atoms with Crippen molar-refractivity contribution in [3.05, 3.63) is 175 Å². The van der Waals surface area contributed by atoms with Gasteiger partial charge in [-0.3, -0.25) is 0 Å². The molecule has 1 atom stereocenters. The van der Waals surface area contributed by atoms with Crippen LogP contribution >= 0.6 is 15.2 Å². The van der Waals surface area contributed by atoms with Gasteiger partial charge in [0.1, 0.15) is 0 Å². The number of fused-ring (bicyclic) bond motifs is 2. The van der Waals surface area contributed by atoms with E-state index < -0.39 is 15.2 Å². The third kappa shape index (κ3) is 3.90. The van der Waals surface area contributed by atoms with Crippen LogP contribution in [-0.2, 0) is 0 Å². The molecule has 0 amide bonds. The first-order valence-electron chi connectivity index (χ1n) is 14.7. The van der Waals surface area contributed by atoms with E-state index >= 15 is 0 Å². The molecule has 202 valence electrons. The van der Waals surface area contributed by atoms with Gasteiger partial charge in [0.15, 0.2) is 0 Å². The number of benzene rings is 7. The molecule has 0 saturated carbocycles. The summed E-state index contributed by atoms with van der Waals surface area (Å²) in [7, 11) is -3.00. The maximum absolute atomic E-state index is 2.56. The average Bonchev–Trinajstić information content (AvgIpc) is 3.06. The quantitative estimate of drug-likeness (QED) is 0.139. The minimum atomic E-state index is -2.35. The number of rotatable bonds is 6. The Hall–Kier alpha value is -4.08. The van der Waals surface area contributed by atoms with Crippen LogP contribution in [0.15, 0.2) is 164 Å². The Morgan fingerprint density at radius 2 is 0.952 bits per heavy atom. The topological polar surface area (TPSA) is 0 Å². The molecule has 0 fully saturated rings. The molecule has 0 saturated heterocycles. The fourth-order valence-corrected chi connectivity index (χ4v) is 14.0. The van der Waals surface area contributed by atoms with Crippen molar-refractivity contribution in [2.75, 3.05) is 6.66 Å². The van der Waals surface area contributed by atoms with Gasteiger partial charge in [0.2, 0.25) is 0 Å². The summed E-state index contributed by atoms with van der Waals surface area (Å²) in [5, 5.41) is 13.0.